The van der Waals surface area contributed by atoms with E-state index in [0.29, 0.717) is 18.7 Å². The lowest BCUT2D eigenvalue weighted by Gasteiger charge is -2.31. The predicted octanol–water partition coefficient (Wildman–Crippen LogP) is 5.15. The van der Waals surface area contributed by atoms with Crippen LogP contribution in [0.5, 0.6) is 5.75 Å². The fourth-order valence-corrected chi connectivity index (χ4v) is 5.01. The fraction of sp³-hybridized carbons (Fsp3) is 0.321. The Hall–Kier alpha value is -3.90. The third kappa shape index (κ3) is 6.28. The van der Waals surface area contributed by atoms with Crippen LogP contribution in [0.1, 0.15) is 29.3 Å². The van der Waals surface area contributed by atoms with Crippen LogP contribution in [0.25, 0.3) is 11.3 Å². The van der Waals surface area contributed by atoms with Crippen molar-refractivity contribution < 1.29 is 41.0 Å². The van der Waals surface area contributed by atoms with Gasteiger partial charge in [-0.1, -0.05) is 6.07 Å². The number of amides is 1. The first kappa shape index (κ1) is 27.7. The number of Topliss-reactive ketones (excluding diaryl/α,β-unsaturated/α-hetero) is 1. The highest BCUT2D eigenvalue weighted by Crippen LogP contribution is 2.33. The van der Waals surface area contributed by atoms with E-state index in [2.05, 4.69) is 15.0 Å². The van der Waals surface area contributed by atoms with Gasteiger partial charge in [-0.25, -0.2) is 8.78 Å². The Morgan fingerprint density at radius 2 is 1.88 bits per heavy atom. The van der Waals surface area contributed by atoms with Crippen LogP contribution in [-0.4, -0.2) is 59.3 Å². The van der Waals surface area contributed by atoms with Crippen molar-refractivity contribution in [3.63, 3.8) is 0 Å². The number of hydrogen-bond donors (Lipinski definition) is 1. The fourth-order valence-electron chi connectivity index (χ4n) is 5.01. The molecule has 0 spiro atoms. The summed E-state index contributed by atoms with van der Waals surface area (Å²) in [6.07, 6.45) is -3.12. The number of aromatic nitrogens is 1. The monoisotopic (exact) mass is 561 g/mol. The number of alkyl halides is 3. The minimum Gasteiger partial charge on any atom is -0.404 e. The maximum atomic E-state index is 13.5. The largest absolute Gasteiger partial charge is 0.573 e. The van der Waals surface area contributed by atoms with Crippen molar-refractivity contribution in [2.75, 3.05) is 18.5 Å². The van der Waals surface area contributed by atoms with Crippen LogP contribution in [-0.2, 0) is 16.0 Å². The molecule has 3 atom stereocenters. The van der Waals surface area contributed by atoms with Crippen LogP contribution in [0.2, 0.25) is 0 Å². The zero-order valence-electron chi connectivity index (χ0n) is 21.2. The molecule has 40 heavy (non-hydrogen) atoms. The summed E-state index contributed by atoms with van der Waals surface area (Å²) in [5.41, 5.74) is 0.733. The number of hydrogen-bond acceptors (Lipinski definition) is 6. The first-order chi connectivity index (χ1) is 18.9. The molecule has 0 saturated carbocycles. The van der Waals surface area contributed by atoms with E-state index in [1.54, 1.807) is 6.92 Å². The summed E-state index contributed by atoms with van der Waals surface area (Å²) in [5.74, 6) is -3.07. The van der Waals surface area contributed by atoms with Gasteiger partial charge in [0.1, 0.15) is 11.6 Å². The number of ether oxygens (including phenoxy) is 2. The topological polar surface area (TPSA) is 80.8 Å². The molecule has 2 aromatic carbocycles. The molecule has 0 radical (unpaired) electrons. The number of pyridine rings is 1. The average molecular weight is 562 g/mol. The molecule has 3 aromatic rings. The van der Waals surface area contributed by atoms with Gasteiger partial charge in [0, 0.05) is 42.4 Å². The highest BCUT2D eigenvalue weighted by Gasteiger charge is 2.43. The quantitative estimate of drug-likeness (QED) is 0.303. The second kappa shape index (κ2) is 10.9. The number of rotatable bonds is 8. The molecule has 1 aromatic heterocycles. The van der Waals surface area contributed by atoms with Gasteiger partial charge in [0.25, 0.3) is 0 Å². The van der Waals surface area contributed by atoms with Crippen molar-refractivity contribution in [1.82, 2.24) is 9.88 Å². The molecule has 1 N–H and O–H groups in total. The molecule has 2 aliphatic heterocycles. The third-order valence-corrected chi connectivity index (χ3v) is 6.96. The van der Waals surface area contributed by atoms with Gasteiger partial charge in [0.05, 0.1) is 30.1 Å². The van der Waals surface area contributed by atoms with Crippen LogP contribution < -0.4 is 10.1 Å². The van der Waals surface area contributed by atoms with Gasteiger partial charge in [-0.2, -0.15) is 0 Å². The van der Waals surface area contributed by atoms with E-state index in [0.717, 1.165) is 30.7 Å². The molecule has 2 aliphatic rings. The lowest BCUT2D eigenvalue weighted by atomic mass is 10.0. The van der Waals surface area contributed by atoms with Gasteiger partial charge in [-0.15, -0.1) is 13.2 Å². The van der Waals surface area contributed by atoms with Crippen LogP contribution in [0, 0.1) is 11.6 Å². The maximum Gasteiger partial charge on any atom is 0.573 e. The standard InChI is InChI=1S/C28H24F5N3O4/c1-15(36-13-22-11-21(36)14-39-22)27(38)35-24-6-16(2-5-26(24)40-28(31,32)33)7-25(37)17-3-4-23(34-12-17)18-8-19(29)10-20(30)9-18/h2-6,8-10,12,15,21-22H,7,11,13-14H2,1H3,(H,35,38)/t15?,21-,22-/m0/s1. The molecule has 2 bridgehead atoms. The average Bonchev–Trinajstić information content (AvgIpc) is 3.52. The summed E-state index contributed by atoms with van der Waals surface area (Å²) in [7, 11) is 0. The summed E-state index contributed by atoms with van der Waals surface area (Å²) in [6.45, 7) is 2.72. The number of carbonyl (C=O) groups is 2. The van der Waals surface area contributed by atoms with E-state index >= 15 is 0 Å². The zero-order chi connectivity index (χ0) is 28.6. The second-order valence-corrected chi connectivity index (χ2v) is 9.78. The number of fused-ring (bicyclic) bond motifs is 2. The molecule has 210 valence electrons. The van der Waals surface area contributed by atoms with Crippen molar-refractivity contribution >= 4 is 17.4 Å². The molecule has 1 amide bonds. The number of nitrogens with one attached hydrogen (secondary N) is 1. The Bertz CT molecular complexity index is 1410. The molecule has 2 fully saturated rings. The number of anilines is 1. The number of benzene rings is 2. The lowest BCUT2D eigenvalue weighted by molar-refractivity contribution is -0.274. The van der Waals surface area contributed by atoms with E-state index < -0.39 is 41.5 Å². The van der Waals surface area contributed by atoms with Crippen molar-refractivity contribution in [2.24, 2.45) is 0 Å². The number of nitrogens with zero attached hydrogens (tertiary/aromatic N) is 2. The van der Waals surface area contributed by atoms with Gasteiger partial charge >= 0.3 is 6.36 Å². The maximum absolute atomic E-state index is 13.5. The zero-order valence-corrected chi connectivity index (χ0v) is 21.2. The normalized spacial score (nSPS) is 19.4. The summed E-state index contributed by atoms with van der Waals surface area (Å²) in [6, 6.07) is 8.87. The third-order valence-electron chi connectivity index (χ3n) is 6.96. The lowest BCUT2D eigenvalue weighted by Crippen LogP contribution is -2.48. The SMILES string of the molecule is CC(C(=O)Nc1cc(CC(=O)c2ccc(-c3cc(F)cc(F)c3)nc2)ccc1OC(F)(F)F)N1C[C@@H]2C[C@H]1CO2. The van der Waals surface area contributed by atoms with Gasteiger partial charge in [0.2, 0.25) is 5.91 Å². The Labute approximate surface area is 225 Å². The summed E-state index contributed by atoms with van der Waals surface area (Å²) in [5, 5.41) is 2.53. The smallest absolute Gasteiger partial charge is 0.404 e. The first-order valence-electron chi connectivity index (χ1n) is 12.5. The molecule has 1 unspecified atom stereocenters. The number of likely N-dealkylation sites (tertiary alicyclic amines) is 1. The molecule has 12 heteroatoms. The Morgan fingerprint density at radius 3 is 2.48 bits per heavy atom. The van der Waals surface area contributed by atoms with E-state index in [1.165, 1.54) is 30.5 Å². The van der Waals surface area contributed by atoms with Crippen molar-refractivity contribution in [1.29, 1.82) is 0 Å². The molecular weight excluding hydrogens is 537 g/mol. The van der Waals surface area contributed by atoms with Gasteiger partial charge in [0.15, 0.2) is 11.5 Å². The van der Waals surface area contributed by atoms with Crippen LogP contribution >= 0.6 is 0 Å². The van der Waals surface area contributed by atoms with E-state index in [9.17, 15) is 31.5 Å². The molecule has 0 aliphatic carbocycles. The molecule has 7 nitrogen and oxygen atoms in total. The molecule has 2 saturated heterocycles. The van der Waals surface area contributed by atoms with Crippen LogP contribution in [0.15, 0.2) is 54.7 Å². The Balaban J connectivity index is 1.32. The highest BCUT2D eigenvalue weighted by molar-refractivity contribution is 5.98. The van der Waals surface area contributed by atoms with Gasteiger partial charge in [-0.3, -0.25) is 19.5 Å². The van der Waals surface area contributed by atoms with Crippen molar-refractivity contribution in [2.45, 2.75) is 44.3 Å². The van der Waals surface area contributed by atoms with Gasteiger partial charge in [-0.05, 0) is 55.3 Å². The summed E-state index contributed by atoms with van der Waals surface area (Å²) < 4.78 is 75.8. The first-order valence-corrected chi connectivity index (χ1v) is 12.5. The highest BCUT2D eigenvalue weighted by atomic mass is 19.4. The number of ketones is 1. The Morgan fingerprint density at radius 1 is 1.12 bits per heavy atom. The summed E-state index contributed by atoms with van der Waals surface area (Å²) >= 11 is 0. The van der Waals surface area contributed by atoms with Crippen molar-refractivity contribution in [3.05, 3.63) is 77.5 Å². The van der Waals surface area contributed by atoms with E-state index in [-0.39, 0.29) is 41.1 Å². The molecule has 3 heterocycles. The second-order valence-electron chi connectivity index (χ2n) is 9.78. The van der Waals surface area contributed by atoms with E-state index in [4.69, 9.17) is 4.74 Å². The van der Waals surface area contributed by atoms with Crippen molar-refractivity contribution in [3.8, 4) is 17.0 Å². The minimum absolute atomic E-state index is 0.0392. The Kier molecular flexibility index (Phi) is 7.56. The number of morpholine rings is 1. The summed E-state index contributed by atoms with van der Waals surface area (Å²) in [4.78, 5) is 31.9. The van der Waals surface area contributed by atoms with Crippen LogP contribution in [0.3, 0.4) is 0 Å². The predicted molar refractivity (Wildman–Crippen MR) is 134 cm³/mol. The number of carbonyl (C=O) groups excluding carboxylic acids is 2. The number of halogens is 5. The van der Waals surface area contributed by atoms with Crippen LogP contribution in [0.4, 0.5) is 27.6 Å². The van der Waals surface area contributed by atoms with E-state index in [1.807, 2.05) is 4.90 Å². The minimum atomic E-state index is -4.99. The molecular formula is C28H24F5N3O4. The van der Waals surface area contributed by atoms with Gasteiger partial charge < -0.3 is 14.8 Å². The molecule has 5 rings (SSSR count).